The van der Waals surface area contributed by atoms with E-state index in [0.29, 0.717) is 30.2 Å². The van der Waals surface area contributed by atoms with Crippen LogP contribution in [0.15, 0.2) is 36.5 Å². The highest BCUT2D eigenvalue weighted by atomic mass is 16.5. The summed E-state index contributed by atoms with van der Waals surface area (Å²) in [4.78, 5) is 11.8. The number of hydrogen-bond donors (Lipinski definition) is 2. The molecule has 7 nitrogen and oxygen atoms in total. The van der Waals surface area contributed by atoms with Crippen LogP contribution in [-0.2, 0) is 11.3 Å². The number of methoxy groups -OCH3 is 1. The fourth-order valence-corrected chi connectivity index (χ4v) is 1.68. The van der Waals surface area contributed by atoms with Gasteiger partial charge in [0.2, 0.25) is 0 Å². The molecule has 0 atom stereocenters. The van der Waals surface area contributed by atoms with Gasteiger partial charge < -0.3 is 10.1 Å². The summed E-state index contributed by atoms with van der Waals surface area (Å²) in [5.74, 6) is 0.444. The van der Waals surface area contributed by atoms with E-state index in [0.717, 1.165) is 0 Å². The molecule has 0 saturated carbocycles. The van der Waals surface area contributed by atoms with Gasteiger partial charge in [0.25, 0.3) is 0 Å². The minimum absolute atomic E-state index is 0.415. The first-order chi connectivity index (χ1) is 10.2. The summed E-state index contributed by atoms with van der Waals surface area (Å²) in [7, 11) is 1.62. The Hall–Kier alpha value is -2.85. The quantitative estimate of drug-likeness (QED) is 0.879. The van der Waals surface area contributed by atoms with Gasteiger partial charge in [0, 0.05) is 25.1 Å². The summed E-state index contributed by atoms with van der Waals surface area (Å²) in [5.41, 5.74) is 1.03. The van der Waals surface area contributed by atoms with Crippen LogP contribution in [0.3, 0.4) is 0 Å². The number of rotatable bonds is 5. The van der Waals surface area contributed by atoms with Crippen molar-refractivity contribution in [2.24, 2.45) is 0 Å². The molecular weight excluding hydrogens is 270 g/mol. The molecule has 0 aliphatic carbocycles. The predicted molar refractivity (Wildman–Crippen MR) is 77.9 cm³/mol. The first-order valence-electron chi connectivity index (χ1n) is 6.32. The van der Waals surface area contributed by atoms with E-state index in [1.165, 1.54) is 0 Å². The molecule has 1 heterocycles. The molecule has 108 valence electrons. The van der Waals surface area contributed by atoms with Crippen LogP contribution in [0.2, 0.25) is 0 Å². The molecule has 1 aromatic carbocycles. The van der Waals surface area contributed by atoms with E-state index < -0.39 is 6.03 Å². The number of aromatic nitrogens is 2. The number of amides is 2. The minimum atomic E-state index is -0.415. The average Bonchev–Trinajstić information content (AvgIpc) is 2.92. The van der Waals surface area contributed by atoms with Crippen molar-refractivity contribution in [3.05, 3.63) is 42.1 Å². The van der Waals surface area contributed by atoms with Crippen molar-refractivity contribution in [2.45, 2.75) is 6.54 Å². The second-order valence-corrected chi connectivity index (χ2v) is 4.23. The lowest BCUT2D eigenvalue weighted by Gasteiger charge is -2.05. The lowest BCUT2D eigenvalue weighted by molar-refractivity contribution is 0.183. The minimum Gasteiger partial charge on any atom is -0.383 e. The van der Waals surface area contributed by atoms with E-state index in [1.54, 1.807) is 48.3 Å². The maximum absolute atomic E-state index is 11.8. The van der Waals surface area contributed by atoms with E-state index in [9.17, 15) is 4.79 Å². The SMILES string of the molecule is COCCn1ccc(NC(=O)Nc2cccc(C#N)c2)n1. The molecule has 0 spiro atoms. The van der Waals surface area contributed by atoms with Crippen LogP contribution < -0.4 is 10.6 Å². The van der Waals surface area contributed by atoms with Gasteiger partial charge in [-0.3, -0.25) is 10.00 Å². The van der Waals surface area contributed by atoms with E-state index in [2.05, 4.69) is 15.7 Å². The normalized spacial score (nSPS) is 9.90. The molecule has 0 bridgehead atoms. The van der Waals surface area contributed by atoms with Crippen molar-refractivity contribution >= 4 is 17.5 Å². The zero-order chi connectivity index (χ0) is 15.1. The summed E-state index contributed by atoms with van der Waals surface area (Å²) >= 11 is 0. The third-order valence-corrected chi connectivity index (χ3v) is 2.66. The Balaban J connectivity index is 1.92. The smallest absolute Gasteiger partial charge is 0.324 e. The molecule has 2 aromatic rings. The van der Waals surface area contributed by atoms with Crippen molar-refractivity contribution in [2.75, 3.05) is 24.4 Å². The van der Waals surface area contributed by atoms with Gasteiger partial charge in [0.05, 0.1) is 24.8 Å². The summed E-state index contributed by atoms with van der Waals surface area (Å²) in [6, 6.07) is 9.96. The lowest BCUT2D eigenvalue weighted by Crippen LogP contribution is -2.20. The highest BCUT2D eigenvalue weighted by Gasteiger charge is 2.05. The predicted octanol–water partition coefficient (Wildman–Crippen LogP) is 2.05. The van der Waals surface area contributed by atoms with Gasteiger partial charge in [0.1, 0.15) is 0 Å². The second-order valence-electron chi connectivity index (χ2n) is 4.23. The molecular formula is C14H15N5O2. The van der Waals surface area contributed by atoms with Crippen molar-refractivity contribution < 1.29 is 9.53 Å². The monoisotopic (exact) mass is 285 g/mol. The zero-order valence-corrected chi connectivity index (χ0v) is 11.5. The number of nitrogens with zero attached hydrogens (tertiary/aromatic N) is 3. The number of anilines is 2. The Kier molecular flexibility index (Phi) is 4.90. The van der Waals surface area contributed by atoms with E-state index >= 15 is 0 Å². The van der Waals surface area contributed by atoms with E-state index in [1.807, 2.05) is 6.07 Å². The van der Waals surface area contributed by atoms with Gasteiger partial charge in [-0.25, -0.2) is 4.79 Å². The van der Waals surface area contributed by atoms with E-state index in [-0.39, 0.29) is 0 Å². The number of benzene rings is 1. The summed E-state index contributed by atoms with van der Waals surface area (Å²) in [5, 5.41) is 18.2. The maximum Gasteiger partial charge on any atom is 0.324 e. The molecule has 0 aliphatic heterocycles. The fourth-order valence-electron chi connectivity index (χ4n) is 1.68. The van der Waals surface area contributed by atoms with Gasteiger partial charge >= 0.3 is 6.03 Å². The molecule has 2 amide bonds. The molecule has 2 rings (SSSR count). The third-order valence-electron chi connectivity index (χ3n) is 2.66. The van der Waals surface area contributed by atoms with Gasteiger partial charge in [-0.15, -0.1) is 0 Å². The Morgan fingerprint density at radius 2 is 2.29 bits per heavy atom. The Labute approximate surface area is 122 Å². The number of nitriles is 1. The van der Waals surface area contributed by atoms with Crippen LogP contribution in [0.5, 0.6) is 0 Å². The summed E-state index contributed by atoms with van der Waals surface area (Å²) in [6.07, 6.45) is 1.75. The first kappa shape index (κ1) is 14.6. The molecule has 2 N–H and O–H groups in total. The van der Waals surface area contributed by atoms with Crippen LogP contribution in [0.4, 0.5) is 16.3 Å². The van der Waals surface area contributed by atoms with Gasteiger partial charge in [0.15, 0.2) is 5.82 Å². The topological polar surface area (TPSA) is 92.0 Å². The number of ether oxygens (including phenoxy) is 1. The standard InChI is InChI=1S/C14H15N5O2/c1-21-8-7-19-6-5-13(18-19)17-14(20)16-12-4-2-3-11(9-12)10-15/h2-6,9H,7-8H2,1H3,(H2,16,17,18,20). The highest BCUT2D eigenvalue weighted by Crippen LogP contribution is 2.10. The largest absolute Gasteiger partial charge is 0.383 e. The number of nitrogens with one attached hydrogen (secondary N) is 2. The van der Waals surface area contributed by atoms with Crippen LogP contribution in [0, 0.1) is 11.3 Å². The first-order valence-corrected chi connectivity index (χ1v) is 6.32. The third kappa shape index (κ3) is 4.33. The van der Waals surface area contributed by atoms with Gasteiger partial charge in [-0.2, -0.15) is 10.4 Å². The highest BCUT2D eigenvalue weighted by molar-refractivity contribution is 5.99. The van der Waals surface area contributed by atoms with Crippen molar-refractivity contribution in [1.29, 1.82) is 5.26 Å². The number of urea groups is 1. The average molecular weight is 285 g/mol. The summed E-state index contributed by atoms with van der Waals surface area (Å²) < 4.78 is 6.63. The zero-order valence-electron chi connectivity index (χ0n) is 11.5. The van der Waals surface area contributed by atoms with E-state index in [4.69, 9.17) is 10.00 Å². The van der Waals surface area contributed by atoms with Crippen LogP contribution in [-0.4, -0.2) is 29.5 Å². The summed E-state index contributed by atoms with van der Waals surface area (Å²) in [6.45, 7) is 1.16. The number of carbonyl (C=O) groups excluding carboxylic acids is 1. The van der Waals surface area contributed by atoms with Gasteiger partial charge in [-0.05, 0) is 18.2 Å². The van der Waals surface area contributed by atoms with Crippen LogP contribution in [0.25, 0.3) is 0 Å². The Morgan fingerprint density at radius 1 is 1.43 bits per heavy atom. The molecule has 21 heavy (non-hydrogen) atoms. The second kappa shape index (κ2) is 7.07. The van der Waals surface area contributed by atoms with Gasteiger partial charge in [-0.1, -0.05) is 6.07 Å². The molecule has 0 unspecified atom stereocenters. The molecule has 0 radical (unpaired) electrons. The maximum atomic E-state index is 11.8. The Morgan fingerprint density at radius 3 is 3.05 bits per heavy atom. The van der Waals surface area contributed by atoms with Crippen LogP contribution >= 0.6 is 0 Å². The van der Waals surface area contributed by atoms with Crippen LogP contribution in [0.1, 0.15) is 5.56 Å². The molecule has 7 heteroatoms. The lowest BCUT2D eigenvalue weighted by atomic mass is 10.2. The molecule has 0 saturated heterocycles. The van der Waals surface area contributed by atoms with Crippen molar-refractivity contribution in [3.8, 4) is 6.07 Å². The van der Waals surface area contributed by atoms with Crippen molar-refractivity contribution in [1.82, 2.24) is 9.78 Å². The number of hydrogen-bond acceptors (Lipinski definition) is 4. The molecule has 1 aromatic heterocycles. The number of carbonyl (C=O) groups is 1. The van der Waals surface area contributed by atoms with Crippen molar-refractivity contribution in [3.63, 3.8) is 0 Å². The molecule has 0 aliphatic rings. The molecule has 0 fully saturated rings. The Bertz CT molecular complexity index is 659. The fraction of sp³-hybridized carbons (Fsp3) is 0.214.